The van der Waals surface area contributed by atoms with E-state index >= 15 is 0 Å². The number of sulfonamides is 1. The molecule has 0 saturated heterocycles. The monoisotopic (exact) mass is 332 g/mol. The van der Waals surface area contributed by atoms with Crippen LogP contribution in [0.25, 0.3) is 0 Å². The minimum Gasteiger partial charge on any atom is -0.456 e. The normalized spacial score (nSPS) is 11.1. The average molecular weight is 332 g/mol. The number of benzene rings is 2. The summed E-state index contributed by atoms with van der Waals surface area (Å²) in [4.78, 5) is 3.99. The first kappa shape index (κ1) is 14.6. The standard InChI is InChI=1S/C15H12N2O3S2/c18-22(19,17-15-10-21-11-16-15)14-9-5-4-8-13(14)20-12-6-2-1-3-7-12/h1-11,17H. The Balaban J connectivity index is 1.94. The van der Waals surface area contributed by atoms with Gasteiger partial charge in [-0.1, -0.05) is 30.3 Å². The molecular formula is C15H12N2O3S2. The van der Waals surface area contributed by atoms with Crippen LogP contribution in [0, 0.1) is 0 Å². The Kier molecular flexibility index (Phi) is 4.08. The van der Waals surface area contributed by atoms with E-state index in [-0.39, 0.29) is 10.6 Å². The van der Waals surface area contributed by atoms with Crippen LogP contribution in [-0.2, 0) is 10.0 Å². The van der Waals surface area contributed by atoms with Crippen LogP contribution in [0.5, 0.6) is 11.5 Å². The van der Waals surface area contributed by atoms with E-state index in [9.17, 15) is 8.42 Å². The predicted octanol–water partition coefficient (Wildman–Crippen LogP) is 3.74. The summed E-state index contributed by atoms with van der Waals surface area (Å²) < 4.78 is 33.1. The molecule has 3 rings (SSSR count). The number of anilines is 1. The molecule has 0 spiro atoms. The lowest BCUT2D eigenvalue weighted by molar-refractivity contribution is 0.468. The molecule has 1 aromatic heterocycles. The third-order valence-corrected chi connectivity index (χ3v) is 4.76. The van der Waals surface area contributed by atoms with E-state index in [1.54, 1.807) is 41.2 Å². The maximum absolute atomic E-state index is 12.5. The van der Waals surface area contributed by atoms with E-state index in [1.165, 1.54) is 17.4 Å². The van der Waals surface area contributed by atoms with E-state index in [1.807, 2.05) is 18.2 Å². The second kappa shape index (κ2) is 6.17. The Morgan fingerprint density at radius 3 is 2.45 bits per heavy atom. The van der Waals surface area contributed by atoms with Crippen molar-refractivity contribution in [1.29, 1.82) is 0 Å². The van der Waals surface area contributed by atoms with Gasteiger partial charge in [-0.05, 0) is 24.3 Å². The maximum atomic E-state index is 12.5. The summed E-state index contributed by atoms with van der Waals surface area (Å²) in [6.45, 7) is 0. The number of para-hydroxylation sites is 2. The molecule has 2 aromatic carbocycles. The highest BCUT2D eigenvalue weighted by molar-refractivity contribution is 7.92. The lowest BCUT2D eigenvalue weighted by Crippen LogP contribution is -2.14. The largest absolute Gasteiger partial charge is 0.456 e. The Bertz CT molecular complexity index is 848. The van der Waals surface area contributed by atoms with Crippen LogP contribution in [0.3, 0.4) is 0 Å². The molecule has 0 bridgehead atoms. The number of rotatable bonds is 5. The molecule has 3 aromatic rings. The van der Waals surface area contributed by atoms with Gasteiger partial charge < -0.3 is 4.74 Å². The summed E-state index contributed by atoms with van der Waals surface area (Å²) in [6.07, 6.45) is 0. The van der Waals surface area contributed by atoms with Gasteiger partial charge in [-0.2, -0.15) is 0 Å². The van der Waals surface area contributed by atoms with Gasteiger partial charge in [-0.25, -0.2) is 13.4 Å². The van der Waals surface area contributed by atoms with Crippen LogP contribution < -0.4 is 9.46 Å². The van der Waals surface area contributed by atoms with Crippen molar-refractivity contribution in [2.45, 2.75) is 4.90 Å². The molecule has 22 heavy (non-hydrogen) atoms. The van der Waals surface area contributed by atoms with Crippen molar-refractivity contribution in [2.75, 3.05) is 4.72 Å². The second-order valence-electron chi connectivity index (χ2n) is 4.34. The lowest BCUT2D eigenvalue weighted by atomic mass is 10.3. The van der Waals surface area contributed by atoms with Gasteiger partial charge in [0.05, 0.1) is 5.51 Å². The summed E-state index contributed by atoms with van der Waals surface area (Å²) in [5.41, 5.74) is 1.56. The van der Waals surface area contributed by atoms with Crippen molar-refractivity contribution in [2.24, 2.45) is 0 Å². The Labute approximate surface area is 132 Å². The Hall–Kier alpha value is -2.38. The predicted molar refractivity (Wildman–Crippen MR) is 85.9 cm³/mol. The quantitative estimate of drug-likeness (QED) is 0.773. The summed E-state index contributed by atoms with van der Waals surface area (Å²) >= 11 is 1.31. The molecule has 0 aliphatic rings. The van der Waals surface area contributed by atoms with Crippen LogP contribution in [0.4, 0.5) is 5.82 Å². The second-order valence-corrected chi connectivity index (χ2v) is 6.71. The molecule has 1 heterocycles. The number of hydrogen-bond donors (Lipinski definition) is 1. The number of nitrogens with zero attached hydrogens (tertiary/aromatic N) is 1. The topological polar surface area (TPSA) is 68.3 Å². The number of nitrogens with one attached hydrogen (secondary N) is 1. The minimum atomic E-state index is -3.76. The van der Waals surface area contributed by atoms with Crippen molar-refractivity contribution in [3.05, 3.63) is 65.5 Å². The zero-order valence-corrected chi connectivity index (χ0v) is 13.0. The smallest absolute Gasteiger partial charge is 0.266 e. The van der Waals surface area contributed by atoms with Crippen molar-refractivity contribution in [1.82, 2.24) is 4.98 Å². The molecule has 0 radical (unpaired) electrons. The Morgan fingerprint density at radius 2 is 1.73 bits per heavy atom. The van der Waals surface area contributed by atoms with Crippen LogP contribution in [0.1, 0.15) is 0 Å². The minimum absolute atomic E-state index is 0.0619. The van der Waals surface area contributed by atoms with Gasteiger partial charge >= 0.3 is 0 Å². The fourth-order valence-electron chi connectivity index (χ4n) is 1.83. The van der Waals surface area contributed by atoms with Crippen LogP contribution in [-0.4, -0.2) is 13.4 Å². The summed E-state index contributed by atoms with van der Waals surface area (Å²) in [6, 6.07) is 15.5. The van der Waals surface area contributed by atoms with Crippen LogP contribution in [0.15, 0.2) is 70.4 Å². The third-order valence-electron chi connectivity index (χ3n) is 2.78. The fraction of sp³-hybridized carbons (Fsp3) is 0. The van der Waals surface area contributed by atoms with Gasteiger partial charge in [0.2, 0.25) is 0 Å². The molecule has 0 atom stereocenters. The first-order valence-corrected chi connectivity index (χ1v) is 8.81. The van der Waals surface area contributed by atoms with Gasteiger partial charge in [0, 0.05) is 5.38 Å². The number of ether oxygens (including phenoxy) is 1. The van der Waals surface area contributed by atoms with Crippen molar-refractivity contribution < 1.29 is 13.2 Å². The van der Waals surface area contributed by atoms with E-state index < -0.39 is 10.0 Å². The fourth-order valence-corrected chi connectivity index (χ4v) is 3.52. The highest BCUT2D eigenvalue weighted by Crippen LogP contribution is 2.29. The van der Waals surface area contributed by atoms with E-state index in [0.29, 0.717) is 11.6 Å². The molecule has 112 valence electrons. The molecule has 0 amide bonds. The summed E-state index contributed by atoms with van der Waals surface area (Å²) in [7, 11) is -3.76. The first-order valence-electron chi connectivity index (χ1n) is 6.38. The molecule has 1 N–H and O–H groups in total. The third kappa shape index (κ3) is 3.26. The van der Waals surface area contributed by atoms with Gasteiger partial charge in [0.1, 0.15) is 16.4 Å². The van der Waals surface area contributed by atoms with Gasteiger partial charge in [-0.3, -0.25) is 4.72 Å². The first-order chi connectivity index (χ1) is 10.6. The highest BCUT2D eigenvalue weighted by Gasteiger charge is 2.20. The van der Waals surface area contributed by atoms with Gasteiger partial charge in [-0.15, -0.1) is 11.3 Å². The molecule has 0 saturated carbocycles. The summed E-state index contributed by atoms with van der Waals surface area (Å²) in [5.74, 6) is 1.12. The molecule has 0 unspecified atom stereocenters. The lowest BCUT2D eigenvalue weighted by Gasteiger charge is -2.12. The van der Waals surface area contributed by atoms with E-state index in [4.69, 9.17) is 4.74 Å². The van der Waals surface area contributed by atoms with E-state index in [2.05, 4.69) is 9.71 Å². The maximum Gasteiger partial charge on any atom is 0.266 e. The number of aromatic nitrogens is 1. The van der Waals surface area contributed by atoms with Crippen molar-refractivity contribution >= 4 is 27.2 Å². The van der Waals surface area contributed by atoms with Gasteiger partial charge in [0.15, 0.2) is 5.82 Å². The zero-order valence-electron chi connectivity index (χ0n) is 11.3. The van der Waals surface area contributed by atoms with Crippen LogP contribution >= 0.6 is 11.3 Å². The molecule has 0 aliphatic carbocycles. The van der Waals surface area contributed by atoms with Crippen LogP contribution in [0.2, 0.25) is 0 Å². The average Bonchev–Trinajstić information content (AvgIpc) is 3.01. The number of thiazole rings is 1. The molecule has 0 fully saturated rings. The van der Waals surface area contributed by atoms with E-state index in [0.717, 1.165) is 0 Å². The SMILES string of the molecule is O=S(=O)(Nc1cscn1)c1ccccc1Oc1ccccc1. The molecule has 0 aliphatic heterocycles. The van der Waals surface area contributed by atoms with Crippen molar-refractivity contribution in [3.8, 4) is 11.5 Å². The summed E-state index contributed by atoms with van der Waals surface area (Å²) in [5, 5.41) is 1.62. The Morgan fingerprint density at radius 1 is 1.00 bits per heavy atom. The van der Waals surface area contributed by atoms with Crippen molar-refractivity contribution in [3.63, 3.8) is 0 Å². The molecule has 5 nitrogen and oxygen atoms in total. The molecule has 7 heteroatoms. The zero-order chi connectivity index (χ0) is 15.4. The molecular weight excluding hydrogens is 320 g/mol. The number of hydrogen-bond acceptors (Lipinski definition) is 5. The highest BCUT2D eigenvalue weighted by atomic mass is 32.2. The van der Waals surface area contributed by atoms with Gasteiger partial charge in [0.25, 0.3) is 10.0 Å².